The van der Waals surface area contributed by atoms with Gasteiger partial charge in [-0.05, 0) is 13.8 Å². The first kappa shape index (κ1) is 7.87. The predicted octanol–water partition coefficient (Wildman–Crippen LogP) is -0.0644. The maximum atomic E-state index is 8.71. The molecule has 0 aliphatic carbocycles. The molecule has 0 spiro atoms. The van der Waals surface area contributed by atoms with Gasteiger partial charge in [-0.2, -0.15) is 10.4 Å². The summed E-state index contributed by atoms with van der Waals surface area (Å²) in [6, 6.07) is 2.12. The molecule has 0 atom stereocenters. The summed E-state index contributed by atoms with van der Waals surface area (Å²) in [4.78, 5) is 0. The van der Waals surface area contributed by atoms with Gasteiger partial charge in [0.2, 0.25) is 0 Å². The maximum Gasteiger partial charge on any atom is 0.143 e. The molecule has 0 aliphatic heterocycles. The fourth-order valence-corrected chi connectivity index (χ4v) is 0.694. The van der Waals surface area contributed by atoms with Gasteiger partial charge in [-0.15, -0.1) is 0 Å². The highest BCUT2D eigenvalue weighted by Crippen LogP contribution is 2.09. The van der Waals surface area contributed by atoms with Crippen molar-refractivity contribution < 1.29 is 0 Å². The van der Waals surface area contributed by atoms with Gasteiger partial charge in [0.1, 0.15) is 13.4 Å². The fourth-order valence-electron chi connectivity index (χ4n) is 0.694. The summed E-state index contributed by atoms with van der Waals surface area (Å²) < 4.78 is 1.54. The summed E-state index contributed by atoms with van der Waals surface area (Å²) in [7, 11) is 5.44. The van der Waals surface area contributed by atoms with Gasteiger partial charge >= 0.3 is 0 Å². The van der Waals surface area contributed by atoms with E-state index in [1.165, 1.54) is 6.20 Å². The lowest BCUT2D eigenvalue weighted by atomic mass is 10.0. The summed E-state index contributed by atoms with van der Waals surface area (Å²) in [6.45, 7) is 3.55. The second-order valence-electron chi connectivity index (χ2n) is 2.89. The zero-order valence-corrected chi connectivity index (χ0v) is 6.57. The molecule has 1 heterocycles. The summed E-state index contributed by atoms with van der Waals surface area (Å²) in [5.74, 6) is 0. The van der Waals surface area contributed by atoms with Gasteiger partial charge in [0.15, 0.2) is 0 Å². The van der Waals surface area contributed by atoms with Crippen LogP contribution in [0.5, 0.6) is 0 Å². The van der Waals surface area contributed by atoms with Gasteiger partial charge in [-0.1, -0.05) is 5.46 Å². The summed E-state index contributed by atoms with van der Waals surface area (Å²) in [5.41, 5.74) is -0.0363. The Hall–Kier alpha value is -1.24. The van der Waals surface area contributed by atoms with Crippen LogP contribution in [0.1, 0.15) is 13.8 Å². The minimum absolute atomic E-state index is 0.577. The highest BCUT2D eigenvalue weighted by Gasteiger charge is 2.18. The Balaban J connectivity index is 3.04. The van der Waals surface area contributed by atoms with Gasteiger partial charge in [-0.3, -0.25) is 4.68 Å². The third kappa shape index (κ3) is 1.43. The first-order chi connectivity index (χ1) is 5.06. The van der Waals surface area contributed by atoms with Crippen LogP contribution in [0.2, 0.25) is 0 Å². The van der Waals surface area contributed by atoms with Crippen LogP contribution in [-0.2, 0) is 5.54 Å². The molecule has 0 saturated carbocycles. The number of rotatable bonds is 1. The zero-order valence-electron chi connectivity index (χ0n) is 6.57. The van der Waals surface area contributed by atoms with Crippen molar-refractivity contribution in [3.05, 3.63) is 12.4 Å². The molecule has 0 N–H and O–H groups in total. The fraction of sp³-hybridized carbons (Fsp3) is 0.429. The van der Waals surface area contributed by atoms with Crippen molar-refractivity contribution in [2.75, 3.05) is 0 Å². The molecule has 0 saturated heterocycles. The van der Waals surface area contributed by atoms with E-state index in [0.717, 1.165) is 0 Å². The topological polar surface area (TPSA) is 41.6 Å². The van der Waals surface area contributed by atoms with Crippen molar-refractivity contribution in [1.29, 1.82) is 5.26 Å². The van der Waals surface area contributed by atoms with Crippen molar-refractivity contribution >= 4 is 13.3 Å². The Kier molecular flexibility index (Phi) is 1.73. The van der Waals surface area contributed by atoms with Gasteiger partial charge in [0.05, 0.1) is 6.07 Å². The third-order valence-corrected chi connectivity index (χ3v) is 1.45. The van der Waals surface area contributed by atoms with Gasteiger partial charge in [0.25, 0.3) is 0 Å². The Labute approximate surface area is 67.0 Å². The first-order valence-corrected chi connectivity index (χ1v) is 3.28. The number of aromatic nitrogens is 2. The molecule has 4 heteroatoms. The van der Waals surface area contributed by atoms with Gasteiger partial charge in [-0.25, -0.2) is 0 Å². The van der Waals surface area contributed by atoms with Crippen LogP contribution < -0.4 is 5.46 Å². The van der Waals surface area contributed by atoms with Crippen LogP contribution in [-0.4, -0.2) is 17.6 Å². The van der Waals surface area contributed by atoms with Crippen LogP contribution in [0.3, 0.4) is 0 Å². The molecule has 54 valence electrons. The monoisotopic (exact) mass is 145 g/mol. The normalized spacial score (nSPS) is 11.0. The zero-order chi connectivity index (χ0) is 8.48. The van der Waals surface area contributed by atoms with E-state index in [0.29, 0.717) is 5.46 Å². The average molecular weight is 145 g/mol. The molecule has 11 heavy (non-hydrogen) atoms. The Morgan fingerprint density at radius 3 is 2.73 bits per heavy atom. The molecular weight excluding hydrogens is 137 g/mol. The van der Waals surface area contributed by atoms with E-state index < -0.39 is 5.54 Å². The van der Waals surface area contributed by atoms with Crippen LogP contribution in [0, 0.1) is 11.3 Å². The lowest BCUT2D eigenvalue weighted by Crippen LogP contribution is -2.24. The summed E-state index contributed by atoms with van der Waals surface area (Å²) in [5, 5.41) is 12.6. The Morgan fingerprint density at radius 2 is 2.36 bits per heavy atom. The van der Waals surface area contributed by atoms with Gasteiger partial charge in [0, 0.05) is 12.4 Å². The first-order valence-electron chi connectivity index (χ1n) is 3.28. The molecule has 3 nitrogen and oxygen atoms in total. The standard InChI is InChI=1S/C7H8BN3/c1-7(2,5-9)11-4-6(8)3-10-11/h3-4H,1-2H3. The molecule has 0 unspecified atom stereocenters. The molecular formula is C7H8BN3. The van der Waals surface area contributed by atoms with Crippen LogP contribution in [0.15, 0.2) is 12.4 Å². The Morgan fingerprint density at radius 1 is 1.73 bits per heavy atom. The van der Waals surface area contributed by atoms with Crippen LogP contribution >= 0.6 is 0 Å². The van der Waals surface area contributed by atoms with E-state index >= 15 is 0 Å². The lowest BCUT2D eigenvalue weighted by molar-refractivity contribution is 0.419. The number of hydrogen-bond acceptors (Lipinski definition) is 2. The maximum absolute atomic E-state index is 8.71. The van der Waals surface area contributed by atoms with E-state index in [4.69, 9.17) is 13.1 Å². The molecule has 0 aliphatic rings. The van der Waals surface area contributed by atoms with Crippen molar-refractivity contribution in [1.82, 2.24) is 9.78 Å². The molecule has 1 aromatic heterocycles. The van der Waals surface area contributed by atoms with E-state index in [1.54, 1.807) is 24.7 Å². The van der Waals surface area contributed by atoms with Crippen molar-refractivity contribution in [3.63, 3.8) is 0 Å². The molecule has 1 aromatic rings. The van der Waals surface area contributed by atoms with E-state index in [9.17, 15) is 0 Å². The average Bonchev–Trinajstić information content (AvgIpc) is 2.36. The predicted molar refractivity (Wildman–Crippen MR) is 42.6 cm³/mol. The number of hydrogen-bond donors (Lipinski definition) is 0. The lowest BCUT2D eigenvalue weighted by Gasteiger charge is -2.15. The number of nitrogens with zero attached hydrogens (tertiary/aromatic N) is 3. The quantitative estimate of drug-likeness (QED) is 0.519. The summed E-state index contributed by atoms with van der Waals surface area (Å²) in [6.07, 6.45) is 3.17. The minimum atomic E-state index is -0.613. The second kappa shape index (κ2) is 2.42. The Bertz CT molecular complexity index is 295. The van der Waals surface area contributed by atoms with E-state index in [2.05, 4.69) is 11.2 Å². The van der Waals surface area contributed by atoms with E-state index in [1.807, 2.05) is 0 Å². The van der Waals surface area contributed by atoms with Crippen molar-refractivity contribution in [3.8, 4) is 6.07 Å². The molecule has 2 radical (unpaired) electrons. The molecule has 0 fully saturated rings. The van der Waals surface area contributed by atoms with Crippen LogP contribution in [0.4, 0.5) is 0 Å². The van der Waals surface area contributed by atoms with E-state index in [-0.39, 0.29) is 0 Å². The van der Waals surface area contributed by atoms with Crippen LogP contribution in [0.25, 0.3) is 0 Å². The van der Waals surface area contributed by atoms with Crippen molar-refractivity contribution in [2.45, 2.75) is 19.4 Å². The second-order valence-corrected chi connectivity index (χ2v) is 2.89. The molecule has 0 amide bonds. The molecule has 0 aromatic carbocycles. The summed E-state index contributed by atoms with van der Waals surface area (Å²) >= 11 is 0. The highest BCUT2D eigenvalue weighted by atomic mass is 15.3. The highest BCUT2D eigenvalue weighted by molar-refractivity contribution is 6.31. The molecule has 0 bridgehead atoms. The molecule has 1 rings (SSSR count). The van der Waals surface area contributed by atoms with Crippen molar-refractivity contribution in [2.24, 2.45) is 0 Å². The smallest absolute Gasteiger partial charge is 0.143 e. The van der Waals surface area contributed by atoms with Gasteiger partial charge < -0.3 is 0 Å². The minimum Gasteiger partial charge on any atom is -0.254 e. The number of nitriles is 1. The third-order valence-electron chi connectivity index (χ3n) is 1.45. The largest absolute Gasteiger partial charge is 0.254 e. The SMILES string of the molecule is [B]c1cnn(C(C)(C)C#N)c1.